The van der Waals surface area contributed by atoms with Crippen molar-refractivity contribution in [3.8, 4) is 22.5 Å². The van der Waals surface area contributed by atoms with Crippen molar-refractivity contribution in [2.45, 2.75) is 6.61 Å². The minimum Gasteiger partial charge on any atom is -0.395 e. The van der Waals surface area contributed by atoms with Crippen LogP contribution in [0.3, 0.4) is 0 Å². The van der Waals surface area contributed by atoms with Gasteiger partial charge in [0.2, 0.25) is 0 Å². The molecule has 0 aliphatic heterocycles. The fourth-order valence-corrected chi connectivity index (χ4v) is 2.63. The molecular weight excluding hydrogens is 330 g/mol. The van der Waals surface area contributed by atoms with Crippen molar-refractivity contribution in [1.29, 1.82) is 0 Å². The normalized spacial score (nSPS) is 10.5. The number of amides is 1. The van der Waals surface area contributed by atoms with Gasteiger partial charge in [-0.2, -0.15) is 0 Å². The predicted octanol–water partition coefficient (Wildman–Crippen LogP) is 2.02. The molecule has 3 aromatic rings. The van der Waals surface area contributed by atoms with Crippen LogP contribution in [0.2, 0.25) is 0 Å². The van der Waals surface area contributed by atoms with Crippen LogP contribution >= 0.6 is 0 Å². The van der Waals surface area contributed by atoms with Gasteiger partial charge >= 0.3 is 0 Å². The Morgan fingerprint density at radius 1 is 1.00 bits per heavy atom. The molecule has 1 aromatic heterocycles. The van der Waals surface area contributed by atoms with Crippen molar-refractivity contribution in [1.82, 2.24) is 15.3 Å². The van der Waals surface area contributed by atoms with Crippen molar-refractivity contribution in [3.05, 3.63) is 72.1 Å². The highest BCUT2D eigenvalue weighted by atomic mass is 16.3. The van der Waals surface area contributed by atoms with Gasteiger partial charge in [-0.15, -0.1) is 0 Å². The molecule has 1 heterocycles. The first-order valence-electron chi connectivity index (χ1n) is 8.23. The number of aromatic nitrogens is 2. The summed E-state index contributed by atoms with van der Waals surface area (Å²) in [5.41, 5.74) is 4.13. The molecule has 0 aliphatic rings. The van der Waals surface area contributed by atoms with Crippen molar-refractivity contribution < 1.29 is 15.0 Å². The molecule has 3 rings (SSSR count). The second-order valence-electron chi connectivity index (χ2n) is 5.67. The molecule has 0 unspecified atom stereocenters. The van der Waals surface area contributed by atoms with E-state index >= 15 is 0 Å². The zero-order chi connectivity index (χ0) is 18.4. The van der Waals surface area contributed by atoms with Gasteiger partial charge in [0, 0.05) is 23.2 Å². The third kappa shape index (κ3) is 3.93. The predicted molar refractivity (Wildman–Crippen MR) is 98.2 cm³/mol. The summed E-state index contributed by atoms with van der Waals surface area (Å²) >= 11 is 0. The monoisotopic (exact) mass is 349 g/mol. The van der Waals surface area contributed by atoms with E-state index in [0.29, 0.717) is 17.0 Å². The fraction of sp³-hybridized carbons (Fsp3) is 0.150. The van der Waals surface area contributed by atoms with Gasteiger partial charge in [0.25, 0.3) is 5.91 Å². The zero-order valence-corrected chi connectivity index (χ0v) is 14.1. The number of carbonyl (C=O) groups excluding carboxylic acids is 1. The Morgan fingerprint density at radius 3 is 2.62 bits per heavy atom. The van der Waals surface area contributed by atoms with Crippen LogP contribution in [0, 0.1) is 0 Å². The van der Waals surface area contributed by atoms with E-state index in [9.17, 15) is 9.90 Å². The number of nitrogens with one attached hydrogen (secondary N) is 1. The van der Waals surface area contributed by atoms with E-state index in [1.165, 1.54) is 0 Å². The van der Waals surface area contributed by atoms with Crippen LogP contribution in [0.4, 0.5) is 0 Å². The van der Waals surface area contributed by atoms with Crippen molar-refractivity contribution in [2.75, 3.05) is 13.2 Å². The molecular formula is C20H19N3O3. The number of hydrogen-bond acceptors (Lipinski definition) is 5. The van der Waals surface area contributed by atoms with E-state index in [2.05, 4.69) is 15.3 Å². The lowest BCUT2D eigenvalue weighted by atomic mass is 10.0. The van der Waals surface area contributed by atoms with Gasteiger partial charge in [-0.05, 0) is 17.7 Å². The molecule has 0 aliphatic carbocycles. The van der Waals surface area contributed by atoms with Crippen molar-refractivity contribution in [2.24, 2.45) is 0 Å². The van der Waals surface area contributed by atoms with Crippen LogP contribution < -0.4 is 5.32 Å². The quantitative estimate of drug-likeness (QED) is 0.633. The minimum atomic E-state index is -0.254. The first-order valence-corrected chi connectivity index (χ1v) is 8.23. The van der Waals surface area contributed by atoms with E-state index in [4.69, 9.17) is 5.11 Å². The van der Waals surface area contributed by atoms with Gasteiger partial charge in [0.1, 0.15) is 0 Å². The van der Waals surface area contributed by atoms with Crippen LogP contribution in [-0.2, 0) is 6.61 Å². The Kier molecular flexibility index (Phi) is 5.68. The van der Waals surface area contributed by atoms with Gasteiger partial charge in [0.05, 0.1) is 37.0 Å². The highest BCUT2D eigenvalue weighted by Gasteiger charge is 2.10. The van der Waals surface area contributed by atoms with E-state index in [1.807, 2.05) is 30.3 Å². The van der Waals surface area contributed by atoms with E-state index in [-0.39, 0.29) is 25.7 Å². The molecule has 6 nitrogen and oxygen atoms in total. The van der Waals surface area contributed by atoms with E-state index < -0.39 is 0 Å². The Bertz CT molecular complexity index is 912. The smallest absolute Gasteiger partial charge is 0.251 e. The summed E-state index contributed by atoms with van der Waals surface area (Å²) < 4.78 is 0. The molecule has 26 heavy (non-hydrogen) atoms. The molecule has 0 saturated carbocycles. The highest BCUT2D eigenvalue weighted by molar-refractivity contribution is 5.95. The largest absolute Gasteiger partial charge is 0.395 e. The van der Waals surface area contributed by atoms with Gasteiger partial charge in [0.15, 0.2) is 0 Å². The average molecular weight is 349 g/mol. The van der Waals surface area contributed by atoms with E-state index in [0.717, 1.165) is 16.7 Å². The summed E-state index contributed by atoms with van der Waals surface area (Å²) in [5.74, 6) is -0.254. The number of carbonyl (C=O) groups is 1. The number of nitrogens with zero attached hydrogens (tertiary/aromatic N) is 2. The molecule has 0 atom stereocenters. The maximum absolute atomic E-state index is 12.1. The summed E-state index contributed by atoms with van der Waals surface area (Å²) in [4.78, 5) is 21.0. The summed E-state index contributed by atoms with van der Waals surface area (Å²) in [7, 11) is 0. The maximum Gasteiger partial charge on any atom is 0.251 e. The molecule has 132 valence electrons. The Morgan fingerprint density at radius 2 is 1.81 bits per heavy atom. The lowest BCUT2D eigenvalue weighted by Gasteiger charge is -2.09. The van der Waals surface area contributed by atoms with Crippen molar-refractivity contribution in [3.63, 3.8) is 0 Å². The molecule has 0 fully saturated rings. The molecule has 0 radical (unpaired) electrons. The molecule has 2 aromatic carbocycles. The fourth-order valence-electron chi connectivity index (χ4n) is 2.63. The zero-order valence-electron chi connectivity index (χ0n) is 14.1. The van der Waals surface area contributed by atoms with Crippen LogP contribution in [0.1, 0.15) is 15.9 Å². The van der Waals surface area contributed by atoms with Gasteiger partial charge in [-0.25, -0.2) is 4.98 Å². The standard InChI is InChI=1S/C20H19N3O3/c24-9-8-22-20(26)15-6-3-5-14(10-15)18-11-21-12-19(23-18)17-7-2-1-4-16(17)13-25/h1-7,10-12,24-25H,8-9,13H2,(H,22,26). The lowest BCUT2D eigenvalue weighted by molar-refractivity contribution is 0.0945. The summed E-state index contributed by atoms with van der Waals surface area (Å²) in [6, 6.07) is 14.5. The Balaban J connectivity index is 1.95. The Hall–Kier alpha value is -3.09. The number of rotatable bonds is 6. The Labute approximate surface area is 151 Å². The molecule has 1 amide bonds. The lowest BCUT2D eigenvalue weighted by Crippen LogP contribution is -2.26. The van der Waals surface area contributed by atoms with Gasteiger partial charge in [-0.3, -0.25) is 9.78 Å². The van der Waals surface area contributed by atoms with E-state index in [1.54, 1.807) is 30.6 Å². The summed E-state index contributed by atoms with van der Waals surface area (Å²) in [6.07, 6.45) is 3.28. The summed E-state index contributed by atoms with van der Waals surface area (Å²) in [5, 5.41) is 21.0. The number of aliphatic hydroxyl groups excluding tert-OH is 2. The summed E-state index contributed by atoms with van der Waals surface area (Å²) in [6.45, 7) is 0.0160. The first kappa shape index (κ1) is 17.7. The number of aliphatic hydroxyl groups is 2. The first-order chi connectivity index (χ1) is 12.7. The third-order valence-corrected chi connectivity index (χ3v) is 3.92. The third-order valence-electron chi connectivity index (χ3n) is 3.92. The van der Waals surface area contributed by atoms with Crippen LogP contribution in [0.5, 0.6) is 0 Å². The van der Waals surface area contributed by atoms with Crippen LogP contribution in [0.15, 0.2) is 60.9 Å². The molecule has 3 N–H and O–H groups in total. The molecule has 0 saturated heterocycles. The van der Waals surface area contributed by atoms with Crippen LogP contribution in [0.25, 0.3) is 22.5 Å². The minimum absolute atomic E-state index is 0.0808. The van der Waals surface area contributed by atoms with Crippen molar-refractivity contribution >= 4 is 5.91 Å². The number of hydrogen-bond donors (Lipinski definition) is 3. The topological polar surface area (TPSA) is 95.3 Å². The van der Waals surface area contributed by atoms with Gasteiger partial charge in [-0.1, -0.05) is 36.4 Å². The van der Waals surface area contributed by atoms with Gasteiger partial charge < -0.3 is 15.5 Å². The second-order valence-corrected chi connectivity index (χ2v) is 5.67. The molecule has 6 heteroatoms. The highest BCUT2D eigenvalue weighted by Crippen LogP contribution is 2.25. The molecule has 0 bridgehead atoms. The second kappa shape index (κ2) is 8.33. The van der Waals surface area contributed by atoms with Crippen LogP contribution in [-0.4, -0.2) is 39.2 Å². The SMILES string of the molecule is O=C(NCCO)c1cccc(-c2cncc(-c3ccccc3CO)n2)c1. The average Bonchev–Trinajstić information content (AvgIpc) is 2.72. The molecule has 0 spiro atoms. The number of benzene rings is 2. The maximum atomic E-state index is 12.1.